The van der Waals surface area contributed by atoms with E-state index in [1.165, 1.54) is 117 Å². The van der Waals surface area contributed by atoms with Gasteiger partial charge in [-0.1, -0.05) is 48.5 Å². The van der Waals surface area contributed by atoms with Crippen molar-refractivity contribution >= 4 is 65.2 Å². The summed E-state index contributed by atoms with van der Waals surface area (Å²) >= 11 is 0. The molecule has 0 aliphatic carbocycles. The maximum absolute atomic E-state index is 4.47. The first kappa shape index (κ1) is 30.1. The van der Waals surface area contributed by atoms with E-state index in [9.17, 15) is 0 Å². The van der Waals surface area contributed by atoms with Crippen LogP contribution in [0.25, 0.3) is 65.2 Å². The topological polar surface area (TPSA) is 42.1 Å². The Morgan fingerprint density at radius 1 is 0.440 bits per heavy atom. The van der Waals surface area contributed by atoms with Crippen LogP contribution in [-0.4, -0.2) is 68.2 Å². The Morgan fingerprint density at radius 3 is 1.34 bits per heavy atom. The van der Waals surface area contributed by atoms with Crippen LogP contribution in [-0.2, 0) is 13.1 Å². The van der Waals surface area contributed by atoms with Crippen molar-refractivity contribution in [3.63, 3.8) is 0 Å². The first-order chi connectivity index (χ1) is 24.8. The maximum Gasteiger partial charge on any atom is 0.0498 e. The summed E-state index contributed by atoms with van der Waals surface area (Å²) in [7, 11) is 0. The number of piperidine rings is 2. The minimum Gasteiger partial charge on any atom is -0.339 e. The Labute approximate surface area is 292 Å². The molecule has 6 nitrogen and oxygen atoms in total. The van der Waals surface area contributed by atoms with E-state index in [1.54, 1.807) is 0 Å². The number of fused-ring (bicyclic) bond motifs is 10. The summed E-state index contributed by atoms with van der Waals surface area (Å²) in [4.78, 5) is 14.4. The number of hydrogen-bond acceptors (Lipinski definition) is 4. The highest BCUT2D eigenvalue weighted by molar-refractivity contribution is 6.21. The lowest BCUT2D eigenvalue weighted by Gasteiger charge is -2.40. The van der Waals surface area contributed by atoms with E-state index in [4.69, 9.17) is 0 Å². The molecule has 250 valence electrons. The van der Waals surface area contributed by atoms with Crippen LogP contribution in [0.1, 0.15) is 25.7 Å². The van der Waals surface area contributed by atoms with Gasteiger partial charge in [0.05, 0.1) is 0 Å². The predicted octanol–water partition coefficient (Wildman–Crippen LogP) is 9.12. The van der Waals surface area contributed by atoms with Gasteiger partial charge < -0.3 is 18.9 Å². The Balaban J connectivity index is 0.767. The van der Waals surface area contributed by atoms with Crippen molar-refractivity contribution in [3.8, 4) is 0 Å². The number of rotatable bonds is 7. The average molecular weight is 657 g/mol. The number of aromatic nitrogens is 4. The van der Waals surface area contributed by atoms with Crippen LogP contribution in [0, 0.1) is 11.8 Å². The van der Waals surface area contributed by atoms with Crippen molar-refractivity contribution in [2.45, 2.75) is 38.8 Å². The molecule has 2 aliphatic heterocycles. The van der Waals surface area contributed by atoms with Gasteiger partial charge in [-0.05, 0) is 111 Å². The molecule has 50 heavy (non-hydrogen) atoms. The molecule has 2 saturated heterocycles. The number of nitrogens with zero attached hydrogens (tertiary/aromatic N) is 6. The van der Waals surface area contributed by atoms with Crippen molar-refractivity contribution in [1.82, 2.24) is 28.9 Å². The summed E-state index contributed by atoms with van der Waals surface area (Å²) < 4.78 is 5.11. The van der Waals surface area contributed by atoms with Crippen LogP contribution in [0.3, 0.4) is 0 Å². The second-order valence-corrected chi connectivity index (χ2v) is 14.8. The molecule has 0 spiro atoms. The minimum absolute atomic E-state index is 0.875. The van der Waals surface area contributed by atoms with Crippen LogP contribution in [0.4, 0.5) is 0 Å². The summed E-state index contributed by atoms with van der Waals surface area (Å²) in [6.07, 6.45) is 13.2. The Morgan fingerprint density at radius 2 is 0.880 bits per heavy atom. The minimum atomic E-state index is 0.875. The third-order valence-electron chi connectivity index (χ3n) is 12.3. The van der Waals surface area contributed by atoms with Crippen LogP contribution in [0.15, 0.2) is 110 Å². The number of para-hydroxylation sites is 2. The van der Waals surface area contributed by atoms with Gasteiger partial charge in [0.25, 0.3) is 0 Å². The molecular formula is C44H44N6. The van der Waals surface area contributed by atoms with Gasteiger partial charge in [-0.2, -0.15) is 0 Å². The molecule has 0 N–H and O–H groups in total. The second kappa shape index (κ2) is 12.5. The fourth-order valence-corrected chi connectivity index (χ4v) is 9.68. The van der Waals surface area contributed by atoms with E-state index in [2.05, 4.69) is 114 Å². The number of pyridine rings is 2. The Hall–Kier alpha value is -4.78. The van der Waals surface area contributed by atoms with Gasteiger partial charge >= 0.3 is 0 Å². The number of benzene rings is 4. The van der Waals surface area contributed by atoms with Gasteiger partial charge in [0.2, 0.25) is 0 Å². The summed E-state index contributed by atoms with van der Waals surface area (Å²) in [5.74, 6) is 1.75. The summed E-state index contributed by atoms with van der Waals surface area (Å²) in [5, 5.41) is 10.4. The van der Waals surface area contributed by atoms with Crippen LogP contribution in [0.2, 0.25) is 0 Å². The molecular weight excluding hydrogens is 613 g/mol. The van der Waals surface area contributed by atoms with Crippen LogP contribution >= 0.6 is 0 Å². The lowest BCUT2D eigenvalue weighted by Crippen LogP contribution is -2.42. The molecule has 4 aromatic heterocycles. The number of hydrogen-bond donors (Lipinski definition) is 0. The van der Waals surface area contributed by atoms with Gasteiger partial charge in [0.1, 0.15) is 0 Å². The van der Waals surface area contributed by atoms with Crippen molar-refractivity contribution in [2.24, 2.45) is 11.8 Å². The van der Waals surface area contributed by atoms with Gasteiger partial charge in [0.15, 0.2) is 0 Å². The predicted molar refractivity (Wildman–Crippen MR) is 208 cm³/mol. The van der Waals surface area contributed by atoms with E-state index in [1.807, 2.05) is 24.8 Å². The zero-order chi connectivity index (χ0) is 33.0. The van der Waals surface area contributed by atoms with Crippen LogP contribution in [0.5, 0.6) is 0 Å². The number of likely N-dealkylation sites (tertiary alicyclic amines) is 2. The zero-order valence-corrected chi connectivity index (χ0v) is 28.7. The summed E-state index contributed by atoms with van der Waals surface area (Å²) in [5.41, 5.74) is 5.34. The molecule has 0 atom stereocenters. The lowest BCUT2D eigenvalue weighted by atomic mass is 9.79. The third kappa shape index (κ3) is 5.07. The van der Waals surface area contributed by atoms with Gasteiger partial charge in [-0.15, -0.1) is 0 Å². The SMILES string of the molecule is c1ccc2c(c1)c1c3cnccc3ccc1n2CCN1CCC(C2CCN(CCn3c4ccccc4c4c5cnccc5ccc43)CC2)CC1. The first-order valence-corrected chi connectivity index (χ1v) is 18.7. The van der Waals surface area contributed by atoms with Gasteiger partial charge in [-0.3, -0.25) is 9.97 Å². The smallest absolute Gasteiger partial charge is 0.0498 e. The fourth-order valence-electron chi connectivity index (χ4n) is 9.68. The molecule has 4 aromatic carbocycles. The third-order valence-corrected chi connectivity index (χ3v) is 12.3. The van der Waals surface area contributed by atoms with Crippen molar-refractivity contribution in [1.29, 1.82) is 0 Å². The quantitative estimate of drug-likeness (QED) is 0.172. The van der Waals surface area contributed by atoms with E-state index >= 15 is 0 Å². The zero-order valence-electron chi connectivity index (χ0n) is 28.7. The van der Waals surface area contributed by atoms with E-state index in [0.717, 1.165) is 38.0 Å². The highest BCUT2D eigenvalue weighted by Gasteiger charge is 2.30. The summed E-state index contributed by atoms with van der Waals surface area (Å²) in [6.45, 7) is 9.19. The summed E-state index contributed by atoms with van der Waals surface area (Å²) in [6, 6.07) is 31.2. The first-order valence-electron chi connectivity index (χ1n) is 18.7. The molecule has 8 aromatic rings. The molecule has 6 heterocycles. The molecule has 10 rings (SSSR count). The molecule has 0 amide bonds. The highest BCUT2D eigenvalue weighted by atomic mass is 15.2. The van der Waals surface area contributed by atoms with Gasteiger partial charge in [0, 0.05) is 105 Å². The van der Waals surface area contributed by atoms with Gasteiger partial charge in [-0.25, -0.2) is 0 Å². The Bertz CT molecular complexity index is 2320. The lowest BCUT2D eigenvalue weighted by molar-refractivity contribution is 0.0940. The maximum atomic E-state index is 4.47. The van der Waals surface area contributed by atoms with E-state index in [0.29, 0.717) is 0 Å². The Kier molecular flexibility index (Phi) is 7.53. The second-order valence-electron chi connectivity index (χ2n) is 14.8. The standard InChI is InChI=1S/C44H44N6/c1-3-7-39-35(5-1)43-37-29-45-19-13-33(37)9-11-41(43)49(39)27-25-47-21-15-31(16-22-47)32-17-23-48(24-18-32)26-28-50-40-8-4-2-6-36(40)44-38-30-46-20-14-34(38)10-12-42(44)50/h1-14,19-20,29-32H,15-18,21-28H2. The monoisotopic (exact) mass is 656 g/mol. The highest BCUT2D eigenvalue weighted by Crippen LogP contribution is 2.37. The van der Waals surface area contributed by atoms with Crippen molar-refractivity contribution < 1.29 is 0 Å². The molecule has 6 heteroatoms. The molecule has 0 radical (unpaired) electrons. The van der Waals surface area contributed by atoms with E-state index in [-0.39, 0.29) is 0 Å². The molecule has 0 bridgehead atoms. The largest absolute Gasteiger partial charge is 0.339 e. The molecule has 2 aliphatic rings. The average Bonchev–Trinajstić information content (AvgIpc) is 3.69. The fraction of sp³-hybridized carbons (Fsp3) is 0.318. The van der Waals surface area contributed by atoms with Crippen molar-refractivity contribution in [3.05, 3.63) is 110 Å². The van der Waals surface area contributed by atoms with Crippen LogP contribution < -0.4 is 0 Å². The molecule has 0 saturated carbocycles. The molecule has 0 unspecified atom stereocenters. The van der Waals surface area contributed by atoms with Crippen molar-refractivity contribution in [2.75, 3.05) is 39.3 Å². The molecule has 2 fully saturated rings. The van der Waals surface area contributed by atoms with E-state index < -0.39 is 0 Å². The normalized spacial score (nSPS) is 17.4.